The number of nitrogens with zero attached hydrogens (tertiary/aromatic N) is 1. The highest BCUT2D eigenvalue weighted by atomic mass is 16.1. The number of hydrogen-bond acceptors (Lipinski definition) is 2. The molecule has 0 amide bonds. The minimum atomic E-state index is -0.138. The highest BCUT2D eigenvalue weighted by Crippen LogP contribution is 2.14. The lowest BCUT2D eigenvalue weighted by molar-refractivity contribution is 0.101. The molecule has 2 aromatic heterocycles. The lowest BCUT2D eigenvalue weighted by atomic mass is 10.2. The minimum Gasteiger partial charge on any atom is -0.308 e. The second-order valence-corrected chi connectivity index (χ2v) is 4.01. The third-order valence-electron chi connectivity index (χ3n) is 2.88. The number of carbonyl (C=O) groups excluding carboxylic acids is 1. The average Bonchev–Trinajstić information content (AvgIpc) is 2.73. The van der Waals surface area contributed by atoms with Gasteiger partial charge in [0.2, 0.25) is 0 Å². The van der Waals surface area contributed by atoms with E-state index in [0.717, 1.165) is 5.52 Å². The maximum atomic E-state index is 11.8. The van der Waals surface area contributed by atoms with Crippen molar-refractivity contribution in [2.24, 2.45) is 0 Å². The number of rotatable bonds is 1. The predicted octanol–water partition coefficient (Wildman–Crippen LogP) is 1.98. The van der Waals surface area contributed by atoms with Crippen LogP contribution in [0, 0.1) is 0 Å². The Hall–Kier alpha value is -2.36. The largest absolute Gasteiger partial charge is 0.308 e. The van der Waals surface area contributed by atoms with E-state index in [0.29, 0.717) is 16.6 Å². The van der Waals surface area contributed by atoms with E-state index in [2.05, 4.69) is 4.98 Å². The second-order valence-electron chi connectivity index (χ2n) is 4.01. The molecule has 0 radical (unpaired) electrons. The zero-order valence-electron chi connectivity index (χ0n) is 9.23. The van der Waals surface area contributed by atoms with E-state index in [1.54, 1.807) is 18.3 Å². The van der Waals surface area contributed by atoms with Crippen LogP contribution >= 0.6 is 0 Å². The number of H-pyrrole nitrogens is 1. The molecule has 84 valence electrons. The first-order valence-electron chi connectivity index (χ1n) is 5.31. The summed E-state index contributed by atoms with van der Waals surface area (Å²) >= 11 is 0. The smallest absolute Gasteiger partial charge is 0.258 e. The maximum Gasteiger partial charge on any atom is 0.258 e. The predicted molar refractivity (Wildman–Crippen MR) is 65.5 cm³/mol. The number of ketones is 1. The van der Waals surface area contributed by atoms with Gasteiger partial charge in [0, 0.05) is 11.8 Å². The topological polar surface area (TPSA) is 54.3 Å². The summed E-state index contributed by atoms with van der Waals surface area (Å²) in [7, 11) is 0. The number of aromatic nitrogens is 2. The van der Waals surface area contributed by atoms with E-state index in [1.165, 1.54) is 6.92 Å². The summed E-state index contributed by atoms with van der Waals surface area (Å²) in [6.07, 6.45) is 1.75. The van der Waals surface area contributed by atoms with Crippen LogP contribution in [0.5, 0.6) is 0 Å². The first-order valence-corrected chi connectivity index (χ1v) is 5.31. The fourth-order valence-electron chi connectivity index (χ4n) is 2.01. The molecule has 0 spiro atoms. The van der Waals surface area contributed by atoms with Crippen LogP contribution in [0.2, 0.25) is 0 Å². The van der Waals surface area contributed by atoms with Crippen molar-refractivity contribution in [2.75, 3.05) is 0 Å². The Morgan fingerprint density at radius 2 is 2.06 bits per heavy atom. The van der Waals surface area contributed by atoms with Crippen molar-refractivity contribution in [3.63, 3.8) is 0 Å². The molecule has 0 fully saturated rings. The molecule has 0 aliphatic heterocycles. The van der Waals surface area contributed by atoms with Gasteiger partial charge < -0.3 is 9.38 Å². The number of benzene rings is 1. The standard InChI is InChI=1S/C13H10N2O2/c1-8(16)9-6-12-14-13(17)10-4-2-3-5-11(10)15(12)7-9/h2-7H,1H3,(H,14,17). The van der Waals surface area contributed by atoms with Crippen molar-refractivity contribution in [2.45, 2.75) is 6.92 Å². The summed E-state index contributed by atoms with van der Waals surface area (Å²) in [6.45, 7) is 1.51. The zero-order valence-corrected chi connectivity index (χ0v) is 9.23. The van der Waals surface area contributed by atoms with Crippen LogP contribution in [-0.4, -0.2) is 15.2 Å². The van der Waals surface area contributed by atoms with Gasteiger partial charge >= 0.3 is 0 Å². The van der Waals surface area contributed by atoms with Crippen molar-refractivity contribution in [3.05, 3.63) is 52.4 Å². The normalized spacial score (nSPS) is 11.1. The SMILES string of the molecule is CC(=O)c1cc2[nH]c(=O)c3ccccc3n2c1. The molecule has 0 aliphatic carbocycles. The first kappa shape index (κ1) is 9.84. The van der Waals surface area contributed by atoms with Crippen molar-refractivity contribution in [3.8, 4) is 0 Å². The monoisotopic (exact) mass is 226 g/mol. The van der Waals surface area contributed by atoms with Gasteiger partial charge in [-0.05, 0) is 25.1 Å². The van der Waals surface area contributed by atoms with Gasteiger partial charge in [0.05, 0.1) is 10.9 Å². The molecular formula is C13H10N2O2. The summed E-state index contributed by atoms with van der Waals surface area (Å²) in [5, 5.41) is 0.616. The number of para-hydroxylation sites is 1. The number of carbonyl (C=O) groups is 1. The summed E-state index contributed by atoms with van der Waals surface area (Å²) in [4.78, 5) is 25.9. The van der Waals surface area contributed by atoms with E-state index in [1.807, 2.05) is 22.6 Å². The van der Waals surface area contributed by atoms with E-state index >= 15 is 0 Å². The van der Waals surface area contributed by atoms with Gasteiger partial charge in [-0.2, -0.15) is 0 Å². The summed E-state index contributed by atoms with van der Waals surface area (Å²) in [5.74, 6) is -0.0152. The van der Waals surface area contributed by atoms with Gasteiger partial charge in [-0.1, -0.05) is 12.1 Å². The van der Waals surface area contributed by atoms with Crippen molar-refractivity contribution < 1.29 is 4.79 Å². The van der Waals surface area contributed by atoms with Crippen LogP contribution in [0.3, 0.4) is 0 Å². The molecule has 0 aliphatic rings. The molecular weight excluding hydrogens is 216 g/mol. The third kappa shape index (κ3) is 1.38. The van der Waals surface area contributed by atoms with E-state index in [4.69, 9.17) is 0 Å². The molecule has 4 nitrogen and oxygen atoms in total. The van der Waals surface area contributed by atoms with Crippen LogP contribution in [0.25, 0.3) is 16.6 Å². The molecule has 17 heavy (non-hydrogen) atoms. The fourth-order valence-corrected chi connectivity index (χ4v) is 2.01. The number of Topliss-reactive ketones (excluding diaryl/α,β-unsaturated/α-hetero) is 1. The molecule has 0 atom stereocenters. The number of aromatic amines is 1. The Balaban J connectivity index is 2.55. The zero-order chi connectivity index (χ0) is 12.0. The Morgan fingerprint density at radius 3 is 2.82 bits per heavy atom. The van der Waals surface area contributed by atoms with Crippen LogP contribution in [-0.2, 0) is 0 Å². The molecule has 4 heteroatoms. The van der Waals surface area contributed by atoms with Crippen molar-refractivity contribution in [1.29, 1.82) is 0 Å². The maximum absolute atomic E-state index is 11.8. The minimum absolute atomic E-state index is 0.0152. The Morgan fingerprint density at radius 1 is 1.29 bits per heavy atom. The highest BCUT2D eigenvalue weighted by Gasteiger charge is 2.08. The lowest BCUT2D eigenvalue weighted by Crippen LogP contribution is -2.08. The van der Waals surface area contributed by atoms with Crippen molar-refractivity contribution >= 4 is 22.3 Å². The average molecular weight is 226 g/mol. The highest BCUT2D eigenvalue weighted by molar-refractivity contribution is 5.96. The van der Waals surface area contributed by atoms with Crippen LogP contribution in [0.1, 0.15) is 17.3 Å². The Bertz CT molecular complexity index is 796. The molecule has 1 N–H and O–H groups in total. The number of hydrogen-bond donors (Lipinski definition) is 1. The van der Waals surface area contributed by atoms with Gasteiger partial charge in [0.15, 0.2) is 5.78 Å². The molecule has 0 bridgehead atoms. The second kappa shape index (κ2) is 3.31. The van der Waals surface area contributed by atoms with Gasteiger partial charge in [0.25, 0.3) is 5.56 Å². The quantitative estimate of drug-likeness (QED) is 0.645. The van der Waals surface area contributed by atoms with Gasteiger partial charge in [-0.3, -0.25) is 9.59 Å². The Labute approximate surface area is 96.5 Å². The molecule has 2 heterocycles. The third-order valence-corrected chi connectivity index (χ3v) is 2.88. The van der Waals surface area contributed by atoms with Gasteiger partial charge in [-0.15, -0.1) is 0 Å². The summed E-state index contributed by atoms with van der Waals surface area (Å²) < 4.78 is 1.83. The molecule has 3 rings (SSSR count). The van der Waals surface area contributed by atoms with Crippen LogP contribution in [0.15, 0.2) is 41.3 Å². The van der Waals surface area contributed by atoms with Gasteiger partial charge in [0.1, 0.15) is 5.65 Å². The molecule has 0 unspecified atom stereocenters. The van der Waals surface area contributed by atoms with Crippen LogP contribution < -0.4 is 5.56 Å². The fraction of sp³-hybridized carbons (Fsp3) is 0.0769. The van der Waals surface area contributed by atoms with Gasteiger partial charge in [-0.25, -0.2) is 0 Å². The summed E-state index contributed by atoms with van der Waals surface area (Å²) in [6, 6.07) is 9.01. The first-order chi connectivity index (χ1) is 8.16. The molecule has 0 saturated heterocycles. The van der Waals surface area contributed by atoms with Crippen LogP contribution in [0.4, 0.5) is 0 Å². The molecule has 1 aromatic carbocycles. The molecule has 3 aromatic rings. The van der Waals surface area contributed by atoms with Crippen molar-refractivity contribution in [1.82, 2.24) is 9.38 Å². The van der Waals surface area contributed by atoms with E-state index < -0.39 is 0 Å². The van der Waals surface area contributed by atoms with E-state index in [-0.39, 0.29) is 11.3 Å². The summed E-state index contributed by atoms with van der Waals surface area (Å²) in [5.41, 5.74) is 1.90. The van der Waals surface area contributed by atoms with E-state index in [9.17, 15) is 9.59 Å². The molecule has 0 saturated carbocycles. The number of fused-ring (bicyclic) bond motifs is 3. The lowest BCUT2D eigenvalue weighted by Gasteiger charge is -2.00. The Kier molecular flexibility index (Phi) is 1.92. The number of nitrogens with one attached hydrogen (secondary N) is 1.